The molecule has 1 fully saturated rings. The van der Waals surface area contributed by atoms with E-state index in [2.05, 4.69) is 5.32 Å². The number of hydrogen-bond donors (Lipinski definition) is 1. The first-order valence-electron chi connectivity index (χ1n) is 5.92. The molecular weight excluding hydrogens is 288 g/mol. The summed E-state index contributed by atoms with van der Waals surface area (Å²) >= 11 is 1.30. The van der Waals surface area contributed by atoms with Crippen LogP contribution in [0.25, 0.3) is 0 Å². The van der Waals surface area contributed by atoms with Gasteiger partial charge in [-0.05, 0) is 24.2 Å². The molecule has 1 unspecified atom stereocenters. The summed E-state index contributed by atoms with van der Waals surface area (Å²) in [4.78, 5) is 22.3. The zero-order valence-corrected chi connectivity index (χ0v) is 12.9. The van der Waals surface area contributed by atoms with Crippen LogP contribution in [-0.4, -0.2) is 47.6 Å². The zero-order valence-electron chi connectivity index (χ0n) is 11.3. The van der Waals surface area contributed by atoms with Crippen LogP contribution in [0.4, 0.5) is 0 Å². The summed E-state index contributed by atoms with van der Waals surface area (Å²) in [7, 11) is 0.125. The first-order valence-corrected chi connectivity index (χ1v) is 9.12. The Labute approximate surface area is 119 Å². The van der Waals surface area contributed by atoms with Gasteiger partial charge in [0.1, 0.15) is 11.9 Å². The lowest BCUT2D eigenvalue weighted by molar-refractivity contribution is -0.422. The Morgan fingerprint density at radius 1 is 1.63 bits per heavy atom. The molecular formula is C11H19N2O4S2+. The first kappa shape index (κ1) is 16.2. The van der Waals surface area contributed by atoms with Crippen molar-refractivity contribution in [2.75, 3.05) is 30.6 Å². The van der Waals surface area contributed by atoms with E-state index < -0.39 is 16.6 Å². The highest BCUT2D eigenvalue weighted by Gasteiger charge is 2.32. The molecule has 108 valence electrons. The van der Waals surface area contributed by atoms with Crippen LogP contribution in [0.15, 0.2) is 10.7 Å². The lowest BCUT2D eigenvalue weighted by atomic mass is 10.4. The molecule has 1 saturated heterocycles. The molecule has 1 N–H and O–H groups in total. The summed E-state index contributed by atoms with van der Waals surface area (Å²) < 4.78 is 5.15. The Morgan fingerprint density at radius 2 is 2.32 bits per heavy atom. The first-order chi connectivity index (χ1) is 8.91. The Hall–Kier alpha value is -0.890. The monoisotopic (exact) mass is 307 g/mol. The fourth-order valence-corrected chi connectivity index (χ4v) is 3.64. The summed E-state index contributed by atoms with van der Waals surface area (Å²) in [6, 6.07) is 0. The van der Waals surface area contributed by atoms with Crippen LogP contribution in [0.2, 0.25) is 0 Å². The van der Waals surface area contributed by atoms with Crippen molar-refractivity contribution in [1.29, 1.82) is 0 Å². The van der Waals surface area contributed by atoms with E-state index in [9.17, 15) is 14.9 Å². The highest BCUT2D eigenvalue weighted by atomic mass is 32.2. The molecule has 0 bridgehead atoms. The van der Waals surface area contributed by atoms with Gasteiger partial charge < -0.3 is 10.1 Å². The van der Waals surface area contributed by atoms with Gasteiger partial charge in [-0.3, -0.25) is 10.1 Å². The molecule has 0 radical (unpaired) electrons. The van der Waals surface area contributed by atoms with Crippen molar-refractivity contribution in [2.45, 2.75) is 19.4 Å². The highest BCUT2D eigenvalue weighted by Crippen LogP contribution is 2.23. The van der Waals surface area contributed by atoms with E-state index in [1.165, 1.54) is 11.8 Å². The number of nitrogens with one attached hydrogen (secondary N) is 1. The van der Waals surface area contributed by atoms with Gasteiger partial charge in [0.2, 0.25) is 0 Å². The van der Waals surface area contributed by atoms with Crippen LogP contribution < -0.4 is 5.32 Å². The molecule has 1 aliphatic rings. The van der Waals surface area contributed by atoms with E-state index >= 15 is 0 Å². The van der Waals surface area contributed by atoms with Gasteiger partial charge in [0.25, 0.3) is 0 Å². The van der Waals surface area contributed by atoms with Crippen molar-refractivity contribution in [3.05, 3.63) is 20.8 Å². The second-order valence-electron chi connectivity index (χ2n) is 4.43. The second-order valence-corrected chi connectivity index (χ2v) is 7.84. The van der Waals surface area contributed by atoms with Gasteiger partial charge in [-0.25, -0.2) is 4.79 Å². The number of nitro groups is 1. The van der Waals surface area contributed by atoms with Gasteiger partial charge in [0, 0.05) is 12.3 Å². The van der Waals surface area contributed by atoms with Gasteiger partial charge in [-0.2, -0.15) is 0 Å². The van der Waals surface area contributed by atoms with Crippen molar-refractivity contribution in [3.8, 4) is 0 Å². The maximum absolute atomic E-state index is 11.9. The molecule has 1 heterocycles. The van der Waals surface area contributed by atoms with Gasteiger partial charge >= 0.3 is 11.7 Å². The van der Waals surface area contributed by atoms with Gasteiger partial charge in [-0.15, -0.1) is 11.8 Å². The van der Waals surface area contributed by atoms with Gasteiger partial charge in [-0.1, -0.05) is 0 Å². The lowest BCUT2D eigenvalue weighted by Gasteiger charge is -2.16. The van der Waals surface area contributed by atoms with Crippen molar-refractivity contribution < 1.29 is 14.5 Å². The zero-order chi connectivity index (χ0) is 14.4. The largest absolute Gasteiger partial charge is 0.449 e. The molecule has 1 rings (SSSR count). The van der Waals surface area contributed by atoms with E-state index in [1.54, 1.807) is 6.92 Å². The number of hydrogen-bond acceptors (Lipinski definition) is 6. The minimum absolute atomic E-state index is 0.125. The molecule has 0 aromatic carbocycles. The third kappa shape index (κ3) is 5.32. The van der Waals surface area contributed by atoms with Crippen LogP contribution >= 0.6 is 11.8 Å². The molecule has 8 heteroatoms. The molecule has 1 atom stereocenters. The summed E-state index contributed by atoms with van der Waals surface area (Å²) in [6.07, 6.45) is 4.69. The fourth-order valence-electron chi connectivity index (χ4n) is 1.64. The number of carbonyl (C=O) groups excluding carboxylic acids is 1. The topological polar surface area (TPSA) is 81.5 Å². The number of thioether (sulfide) groups is 1. The Morgan fingerprint density at radius 3 is 2.79 bits per heavy atom. The molecule has 19 heavy (non-hydrogen) atoms. The molecule has 0 aromatic rings. The molecule has 0 amide bonds. The van der Waals surface area contributed by atoms with E-state index in [0.29, 0.717) is 17.3 Å². The Balaban J connectivity index is 2.76. The van der Waals surface area contributed by atoms with Crippen molar-refractivity contribution in [2.24, 2.45) is 0 Å². The predicted molar refractivity (Wildman–Crippen MR) is 78.7 cm³/mol. The maximum atomic E-state index is 11.9. The number of ether oxygens (including phenoxy) is 1. The van der Waals surface area contributed by atoms with Crippen molar-refractivity contribution >= 4 is 28.6 Å². The van der Waals surface area contributed by atoms with Crippen molar-refractivity contribution in [3.63, 3.8) is 0 Å². The second kappa shape index (κ2) is 7.64. The van der Waals surface area contributed by atoms with Crippen molar-refractivity contribution in [1.82, 2.24) is 5.32 Å². The molecule has 0 aliphatic carbocycles. The molecule has 0 spiro atoms. The molecule has 0 saturated carbocycles. The quantitative estimate of drug-likeness (QED) is 0.268. The standard InChI is InChI=1S/C11H18N2O4S2/c1-8(7-19(2)3)17-11(14)9(13(15)16)10-12-5-4-6-18-10/h8H,4-7H2,1-3H3/p+1. The highest BCUT2D eigenvalue weighted by molar-refractivity contribution is 8.03. The van der Waals surface area contributed by atoms with Crippen LogP contribution in [0.3, 0.4) is 0 Å². The van der Waals surface area contributed by atoms with Crippen LogP contribution in [0, 0.1) is 10.1 Å². The van der Waals surface area contributed by atoms with E-state index in [0.717, 1.165) is 12.2 Å². The minimum Gasteiger partial charge on any atom is -0.449 e. The SMILES string of the molecule is CC(C[S+](C)C)OC(=O)C(=C1NCCCS1)[N+](=O)[O-]. The number of carbonyl (C=O) groups is 1. The summed E-state index contributed by atoms with van der Waals surface area (Å²) in [5, 5.41) is 14.3. The van der Waals surface area contributed by atoms with E-state index in [1.807, 2.05) is 12.5 Å². The normalized spacial score (nSPS) is 19.6. The Bertz CT molecular complexity index is 377. The van der Waals surface area contributed by atoms with Crippen LogP contribution in [-0.2, 0) is 20.4 Å². The maximum Gasteiger partial charge on any atom is 0.413 e. The smallest absolute Gasteiger partial charge is 0.413 e. The number of rotatable bonds is 5. The number of nitrogens with zero attached hydrogens (tertiary/aromatic N) is 1. The minimum atomic E-state index is -0.847. The lowest BCUT2D eigenvalue weighted by Crippen LogP contribution is -2.30. The number of esters is 1. The third-order valence-corrected chi connectivity index (χ3v) is 4.58. The average molecular weight is 307 g/mol. The average Bonchev–Trinajstić information content (AvgIpc) is 2.28. The fraction of sp³-hybridized carbons (Fsp3) is 0.727. The summed E-state index contributed by atoms with van der Waals surface area (Å²) in [5.41, 5.74) is -0.469. The molecule has 0 aromatic heterocycles. The van der Waals surface area contributed by atoms with Gasteiger partial charge in [0.05, 0.1) is 17.4 Å². The molecule has 6 nitrogen and oxygen atoms in total. The Kier molecular flexibility index (Phi) is 6.50. The van der Waals surface area contributed by atoms with E-state index in [-0.39, 0.29) is 17.0 Å². The predicted octanol–water partition coefficient (Wildman–Crippen LogP) is 0.968. The summed E-state index contributed by atoms with van der Waals surface area (Å²) in [5.74, 6) is 0.641. The third-order valence-electron chi connectivity index (χ3n) is 2.32. The van der Waals surface area contributed by atoms with Crippen LogP contribution in [0.5, 0.6) is 0 Å². The summed E-state index contributed by atoms with van der Waals surface area (Å²) in [6.45, 7) is 2.41. The van der Waals surface area contributed by atoms with E-state index in [4.69, 9.17) is 4.74 Å². The van der Waals surface area contributed by atoms with Crippen LogP contribution in [0.1, 0.15) is 13.3 Å². The molecule has 1 aliphatic heterocycles. The van der Waals surface area contributed by atoms with Gasteiger partial charge in [0.15, 0.2) is 5.03 Å².